The first-order valence-electron chi connectivity index (χ1n) is 6.66. The Bertz CT molecular complexity index is 978. The van der Waals surface area contributed by atoms with Gasteiger partial charge >= 0.3 is 11.6 Å². The van der Waals surface area contributed by atoms with Gasteiger partial charge in [0, 0.05) is 11.5 Å². The smallest absolute Gasteiger partial charge is 0.351 e. The van der Waals surface area contributed by atoms with Gasteiger partial charge in [-0.3, -0.25) is 0 Å². The minimum atomic E-state index is -0.909. The second kappa shape index (κ2) is 5.96. The van der Waals surface area contributed by atoms with E-state index in [-0.39, 0.29) is 11.3 Å². The summed E-state index contributed by atoms with van der Waals surface area (Å²) in [7, 11) is 0. The Balaban J connectivity index is 2.02. The number of rotatable bonds is 2. The van der Waals surface area contributed by atoms with E-state index in [0.29, 0.717) is 15.4 Å². The molecule has 0 amide bonds. The number of hydrogen-bond donors (Lipinski definition) is 0. The Kier molecular flexibility index (Phi) is 4.00. The molecule has 23 heavy (non-hydrogen) atoms. The first-order valence-corrected chi connectivity index (χ1v) is 7.45. The van der Waals surface area contributed by atoms with Crippen LogP contribution in [0.4, 0.5) is 4.39 Å². The first kappa shape index (κ1) is 15.4. The third-order valence-electron chi connectivity index (χ3n) is 3.20. The Morgan fingerprint density at radius 1 is 1.17 bits per heavy atom. The van der Waals surface area contributed by atoms with Crippen molar-refractivity contribution in [1.29, 1.82) is 0 Å². The minimum Gasteiger partial charge on any atom is -0.422 e. The van der Waals surface area contributed by atoms with Crippen molar-refractivity contribution >= 4 is 32.9 Å². The Labute approximate surface area is 138 Å². The van der Waals surface area contributed by atoms with Crippen LogP contribution in [0.5, 0.6) is 5.75 Å². The monoisotopic (exact) mass is 376 g/mol. The normalized spacial score (nSPS) is 10.7. The lowest BCUT2D eigenvalue weighted by Gasteiger charge is -2.06. The van der Waals surface area contributed by atoms with Gasteiger partial charge in [0.1, 0.15) is 22.7 Å². The van der Waals surface area contributed by atoms with Crippen LogP contribution in [-0.4, -0.2) is 5.97 Å². The second-order valence-electron chi connectivity index (χ2n) is 4.95. The van der Waals surface area contributed by atoms with Gasteiger partial charge in [-0.05, 0) is 53.2 Å². The predicted molar refractivity (Wildman–Crippen MR) is 86.3 cm³/mol. The summed E-state index contributed by atoms with van der Waals surface area (Å²) in [6.45, 7) is 1.88. The Hall–Kier alpha value is -2.47. The van der Waals surface area contributed by atoms with E-state index in [1.54, 1.807) is 18.2 Å². The molecule has 0 spiro atoms. The molecule has 1 aromatic heterocycles. The van der Waals surface area contributed by atoms with E-state index in [4.69, 9.17) is 9.15 Å². The molecule has 3 aromatic rings. The lowest BCUT2D eigenvalue weighted by atomic mass is 10.1. The fourth-order valence-electron chi connectivity index (χ4n) is 2.10. The van der Waals surface area contributed by atoms with Gasteiger partial charge in [0.05, 0.1) is 4.47 Å². The zero-order valence-corrected chi connectivity index (χ0v) is 13.5. The summed E-state index contributed by atoms with van der Waals surface area (Å²) in [4.78, 5) is 24.1. The molecule has 0 aliphatic heterocycles. The molecule has 2 aromatic carbocycles. The number of fused-ring (bicyclic) bond motifs is 1. The molecule has 4 nitrogen and oxygen atoms in total. The zero-order valence-electron chi connectivity index (χ0n) is 11.9. The van der Waals surface area contributed by atoms with Crippen molar-refractivity contribution in [3.8, 4) is 5.75 Å². The van der Waals surface area contributed by atoms with E-state index in [1.165, 1.54) is 18.2 Å². The largest absolute Gasteiger partial charge is 0.422 e. The maximum atomic E-state index is 13.2. The van der Waals surface area contributed by atoms with Crippen molar-refractivity contribution in [2.75, 3.05) is 0 Å². The van der Waals surface area contributed by atoms with Crippen LogP contribution in [0, 0.1) is 12.7 Å². The minimum absolute atomic E-state index is 0.0151. The average molecular weight is 377 g/mol. The fraction of sp³-hybridized carbons (Fsp3) is 0.0588. The van der Waals surface area contributed by atoms with Crippen LogP contribution in [0.15, 0.2) is 56.1 Å². The SMILES string of the molecule is Cc1ccc2oc(=O)c(C(=O)Oc3cc(F)ccc3Br)cc2c1. The standard InChI is InChI=1S/C17H10BrFO4/c1-9-2-5-14-10(6-9)7-12(16(20)22-14)17(21)23-15-8-11(19)3-4-13(15)18/h2-8H,1H3. The first-order chi connectivity index (χ1) is 10.9. The van der Waals surface area contributed by atoms with Crippen molar-refractivity contribution in [3.63, 3.8) is 0 Å². The van der Waals surface area contributed by atoms with Crippen LogP contribution < -0.4 is 10.4 Å². The highest BCUT2D eigenvalue weighted by atomic mass is 79.9. The van der Waals surface area contributed by atoms with Crippen LogP contribution in [0.3, 0.4) is 0 Å². The molecule has 0 N–H and O–H groups in total. The molecule has 3 rings (SSSR count). The fourth-order valence-corrected chi connectivity index (χ4v) is 2.42. The van der Waals surface area contributed by atoms with E-state index >= 15 is 0 Å². The van der Waals surface area contributed by atoms with Gasteiger partial charge in [-0.2, -0.15) is 0 Å². The van der Waals surface area contributed by atoms with E-state index in [2.05, 4.69) is 15.9 Å². The van der Waals surface area contributed by atoms with E-state index in [1.807, 2.05) is 6.92 Å². The van der Waals surface area contributed by atoms with Crippen molar-refractivity contribution in [2.24, 2.45) is 0 Å². The summed E-state index contributed by atoms with van der Waals surface area (Å²) < 4.78 is 23.8. The zero-order chi connectivity index (χ0) is 16.6. The molecule has 0 saturated carbocycles. The number of benzene rings is 2. The van der Waals surface area contributed by atoms with E-state index < -0.39 is 17.4 Å². The topological polar surface area (TPSA) is 56.5 Å². The maximum Gasteiger partial charge on any atom is 0.351 e. The van der Waals surface area contributed by atoms with Crippen molar-refractivity contribution < 1.29 is 18.3 Å². The second-order valence-corrected chi connectivity index (χ2v) is 5.81. The quantitative estimate of drug-likeness (QED) is 0.381. The molecule has 0 unspecified atom stereocenters. The molecule has 116 valence electrons. The van der Waals surface area contributed by atoms with Crippen LogP contribution in [0.2, 0.25) is 0 Å². The number of esters is 1. The average Bonchev–Trinajstić information content (AvgIpc) is 2.50. The number of carbonyl (C=O) groups is 1. The number of aryl methyl sites for hydroxylation is 1. The number of halogens is 2. The summed E-state index contributed by atoms with van der Waals surface area (Å²) >= 11 is 3.15. The molecule has 0 aliphatic rings. The van der Waals surface area contributed by atoms with Crippen LogP contribution in [0.25, 0.3) is 11.0 Å². The highest BCUT2D eigenvalue weighted by molar-refractivity contribution is 9.10. The lowest BCUT2D eigenvalue weighted by molar-refractivity contribution is 0.0729. The third kappa shape index (κ3) is 3.17. The van der Waals surface area contributed by atoms with Crippen LogP contribution in [-0.2, 0) is 0 Å². The van der Waals surface area contributed by atoms with Crippen molar-refractivity contribution in [1.82, 2.24) is 0 Å². The van der Waals surface area contributed by atoms with Gasteiger partial charge in [0.2, 0.25) is 0 Å². The summed E-state index contributed by atoms with van der Waals surface area (Å²) in [6, 6.07) is 10.3. The molecule has 0 bridgehead atoms. The van der Waals surface area contributed by atoms with E-state index in [0.717, 1.165) is 11.6 Å². The summed E-state index contributed by atoms with van der Waals surface area (Å²) in [5, 5.41) is 0.606. The van der Waals surface area contributed by atoms with Gasteiger partial charge in [0.15, 0.2) is 0 Å². The molecule has 1 heterocycles. The van der Waals surface area contributed by atoms with Crippen molar-refractivity contribution in [2.45, 2.75) is 6.92 Å². The summed E-state index contributed by atoms with van der Waals surface area (Å²) in [6.07, 6.45) is 0. The molecule has 0 saturated heterocycles. The number of hydrogen-bond acceptors (Lipinski definition) is 4. The van der Waals surface area contributed by atoms with Crippen LogP contribution in [0.1, 0.15) is 15.9 Å². The Morgan fingerprint density at radius 3 is 2.74 bits per heavy atom. The van der Waals surface area contributed by atoms with E-state index in [9.17, 15) is 14.0 Å². The summed E-state index contributed by atoms with van der Waals surface area (Å²) in [5.41, 5.74) is 0.278. The van der Waals surface area contributed by atoms with Gasteiger partial charge in [-0.25, -0.2) is 14.0 Å². The molecular weight excluding hydrogens is 367 g/mol. The molecule has 0 atom stereocenters. The number of ether oxygens (including phenoxy) is 1. The molecule has 0 radical (unpaired) electrons. The lowest BCUT2D eigenvalue weighted by Crippen LogP contribution is -2.19. The summed E-state index contributed by atoms with van der Waals surface area (Å²) in [5.74, 6) is -1.48. The van der Waals surface area contributed by atoms with Crippen molar-refractivity contribution in [3.05, 3.63) is 74.3 Å². The van der Waals surface area contributed by atoms with Crippen LogP contribution >= 0.6 is 15.9 Å². The highest BCUT2D eigenvalue weighted by Crippen LogP contribution is 2.26. The van der Waals surface area contributed by atoms with Gasteiger partial charge in [-0.15, -0.1) is 0 Å². The van der Waals surface area contributed by atoms with Gasteiger partial charge in [-0.1, -0.05) is 11.6 Å². The molecule has 6 heteroatoms. The third-order valence-corrected chi connectivity index (χ3v) is 3.86. The molecular formula is C17H10BrFO4. The number of carbonyl (C=O) groups excluding carboxylic acids is 1. The predicted octanol–water partition coefficient (Wildman–Crippen LogP) is 4.22. The maximum absolute atomic E-state index is 13.2. The highest BCUT2D eigenvalue weighted by Gasteiger charge is 2.17. The van der Waals surface area contributed by atoms with Gasteiger partial charge in [0.25, 0.3) is 0 Å². The molecule has 0 aliphatic carbocycles. The Morgan fingerprint density at radius 2 is 1.96 bits per heavy atom. The molecule has 0 fully saturated rings. The van der Waals surface area contributed by atoms with Gasteiger partial charge < -0.3 is 9.15 Å².